The number of nitro groups is 1. The molecule has 0 atom stereocenters. The highest BCUT2D eigenvalue weighted by Gasteiger charge is 2.22. The lowest BCUT2D eigenvalue weighted by Crippen LogP contribution is -2.18. The smallest absolute Gasteiger partial charge is 0.293 e. The van der Waals surface area contributed by atoms with Gasteiger partial charge in [0, 0.05) is 31.5 Å². The molecule has 0 spiro atoms. The first-order chi connectivity index (χ1) is 12.2. The predicted octanol–water partition coefficient (Wildman–Crippen LogP) is 2.65. The van der Waals surface area contributed by atoms with E-state index in [9.17, 15) is 18.5 Å². The van der Waals surface area contributed by atoms with Gasteiger partial charge in [0.1, 0.15) is 5.69 Å². The van der Waals surface area contributed by atoms with Crippen LogP contribution < -0.4 is 14.4 Å². The third kappa shape index (κ3) is 4.05. The molecule has 0 fully saturated rings. The van der Waals surface area contributed by atoms with Crippen LogP contribution in [-0.4, -0.2) is 40.9 Å². The molecule has 0 saturated carbocycles. The predicted molar refractivity (Wildman–Crippen MR) is 97.9 cm³/mol. The van der Waals surface area contributed by atoms with Gasteiger partial charge in [0.2, 0.25) is 0 Å². The van der Waals surface area contributed by atoms with E-state index >= 15 is 0 Å². The summed E-state index contributed by atoms with van der Waals surface area (Å²) in [5, 5.41) is 11.4. The maximum absolute atomic E-state index is 11.7. The Kier molecular flexibility index (Phi) is 5.71. The normalized spacial score (nSPS) is 11.1. The number of benzene rings is 2. The van der Waals surface area contributed by atoms with Gasteiger partial charge < -0.3 is 14.4 Å². The minimum absolute atomic E-state index is 0.0969. The highest BCUT2D eigenvalue weighted by molar-refractivity contribution is 7.90. The van der Waals surface area contributed by atoms with Crippen molar-refractivity contribution in [1.29, 1.82) is 0 Å². The van der Waals surface area contributed by atoms with E-state index in [1.165, 1.54) is 26.4 Å². The average Bonchev–Trinajstić information content (AvgIpc) is 2.59. The standard InChI is InChI=1S/C17H20N2O6S/c1-18(11-12-6-5-7-16(24-2)17(12)25-3)14-9-8-13(26(4,22)23)10-15(14)19(20)21/h5-10H,11H2,1-4H3. The molecule has 0 saturated heterocycles. The van der Waals surface area contributed by atoms with Crippen molar-refractivity contribution in [3.05, 3.63) is 52.1 Å². The molecule has 2 rings (SSSR count). The lowest BCUT2D eigenvalue weighted by Gasteiger charge is -2.21. The summed E-state index contributed by atoms with van der Waals surface area (Å²) in [5.74, 6) is 1.09. The summed E-state index contributed by atoms with van der Waals surface area (Å²) in [7, 11) is 1.19. The Labute approximate surface area is 152 Å². The van der Waals surface area contributed by atoms with E-state index in [1.807, 2.05) is 6.07 Å². The second-order valence-corrected chi connectivity index (χ2v) is 7.70. The zero-order valence-electron chi connectivity index (χ0n) is 14.9. The van der Waals surface area contributed by atoms with Crippen LogP contribution in [0.1, 0.15) is 5.56 Å². The van der Waals surface area contributed by atoms with Crippen molar-refractivity contribution in [3.63, 3.8) is 0 Å². The molecule has 0 bridgehead atoms. The Morgan fingerprint density at radius 2 is 1.85 bits per heavy atom. The number of nitrogens with zero attached hydrogens (tertiary/aromatic N) is 2. The number of nitro benzene ring substituents is 1. The fourth-order valence-electron chi connectivity index (χ4n) is 2.62. The van der Waals surface area contributed by atoms with Gasteiger partial charge in [0.05, 0.1) is 24.0 Å². The minimum Gasteiger partial charge on any atom is -0.493 e. The Balaban J connectivity index is 2.45. The van der Waals surface area contributed by atoms with Crippen molar-refractivity contribution >= 4 is 21.2 Å². The highest BCUT2D eigenvalue weighted by Crippen LogP contribution is 2.35. The maximum Gasteiger partial charge on any atom is 0.293 e. The third-order valence-electron chi connectivity index (χ3n) is 3.87. The minimum atomic E-state index is -3.54. The van der Waals surface area contributed by atoms with Gasteiger partial charge in [0.15, 0.2) is 21.3 Å². The third-order valence-corrected chi connectivity index (χ3v) is 4.99. The van der Waals surface area contributed by atoms with E-state index in [0.717, 1.165) is 17.9 Å². The van der Waals surface area contributed by atoms with E-state index in [1.54, 1.807) is 24.1 Å². The molecule has 0 radical (unpaired) electrons. The number of hydrogen-bond acceptors (Lipinski definition) is 7. The van der Waals surface area contributed by atoms with Gasteiger partial charge in [-0.25, -0.2) is 8.42 Å². The van der Waals surface area contributed by atoms with Crippen LogP contribution in [0.3, 0.4) is 0 Å². The zero-order valence-corrected chi connectivity index (χ0v) is 15.7. The molecule has 0 unspecified atom stereocenters. The molecule has 0 aliphatic heterocycles. The summed E-state index contributed by atoms with van der Waals surface area (Å²) in [6, 6.07) is 9.24. The molecule has 0 aliphatic carbocycles. The first-order valence-corrected chi connectivity index (χ1v) is 9.47. The summed E-state index contributed by atoms with van der Waals surface area (Å²) >= 11 is 0. The molecule has 9 heteroatoms. The molecule has 0 N–H and O–H groups in total. The number of rotatable bonds is 7. The molecule has 0 aliphatic rings. The molecule has 2 aromatic carbocycles. The molecule has 26 heavy (non-hydrogen) atoms. The number of methoxy groups -OCH3 is 2. The fourth-order valence-corrected chi connectivity index (χ4v) is 3.26. The maximum atomic E-state index is 11.7. The van der Waals surface area contributed by atoms with Gasteiger partial charge in [-0.1, -0.05) is 12.1 Å². The van der Waals surface area contributed by atoms with Gasteiger partial charge >= 0.3 is 0 Å². The van der Waals surface area contributed by atoms with Gasteiger partial charge in [-0.05, 0) is 18.2 Å². The molecule has 0 aromatic heterocycles. The fraction of sp³-hybridized carbons (Fsp3) is 0.294. The second kappa shape index (κ2) is 7.61. The molecule has 0 amide bonds. The van der Waals surface area contributed by atoms with Crippen molar-refractivity contribution < 1.29 is 22.8 Å². The van der Waals surface area contributed by atoms with Crippen molar-refractivity contribution in [3.8, 4) is 11.5 Å². The van der Waals surface area contributed by atoms with Crippen LogP contribution in [0, 0.1) is 10.1 Å². The van der Waals surface area contributed by atoms with E-state index in [-0.39, 0.29) is 10.6 Å². The summed E-state index contributed by atoms with van der Waals surface area (Å²) in [4.78, 5) is 12.4. The Morgan fingerprint density at radius 1 is 1.15 bits per heavy atom. The lowest BCUT2D eigenvalue weighted by atomic mass is 10.1. The molecular weight excluding hydrogens is 360 g/mol. The van der Waals surface area contributed by atoms with Gasteiger partial charge in [-0.15, -0.1) is 0 Å². The highest BCUT2D eigenvalue weighted by atomic mass is 32.2. The van der Waals surface area contributed by atoms with Gasteiger partial charge in [0.25, 0.3) is 5.69 Å². The van der Waals surface area contributed by atoms with Gasteiger partial charge in [-0.2, -0.15) is 0 Å². The van der Waals surface area contributed by atoms with E-state index < -0.39 is 14.8 Å². The largest absolute Gasteiger partial charge is 0.493 e. The number of ether oxygens (including phenoxy) is 2. The van der Waals surface area contributed by atoms with Gasteiger partial charge in [-0.3, -0.25) is 10.1 Å². The topological polar surface area (TPSA) is 99.0 Å². The first-order valence-electron chi connectivity index (χ1n) is 7.58. The monoisotopic (exact) mass is 380 g/mol. The number of sulfone groups is 1. The average molecular weight is 380 g/mol. The van der Waals surface area contributed by atoms with Crippen molar-refractivity contribution in [2.24, 2.45) is 0 Å². The number of para-hydroxylation sites is 1. The van der Waals surface area contributed by atoms with Crippen LogP contribution in [0.2, 0.25) is 0 Å². The van der Waals surface area contributed by atoms with E-state index in [0.29, 0.717) is 23.7 Å². The van der Waals surface area contributed by atoms with Crippen LogP contribution in [0.15, 0.2) is 41.3 Å². The Morgan fingerprint density at radius 3 is 2.38 bits per heavy atom. The van der Waals surface area contributed by atoms with Crippen LogP contribution >= 0.6 is 0 Å². The van der Waals surface area contributed by atoms with Crippen molar-refractivity contribution in [1.82, 2.24) is 0 Å². The Hall–Kier alpha value is -2.81. The SMILES string of the molecule is COc1cccc(CN(C)c2ccc(S(C)(=O)=O)cc2[N+](=O)[O-])c1OC. The van der Waals surface area contributed by atoms with Crippen LogP contribution in [0.4, 0.5) is 11.4 Å². The molecular formula is C17H20N2O6S. The summed E-state index contributed by atoms with van der Waals surface area (Å²) in [5.41, 5.74) is 0.792. The van der Waals surface area contributed by atoms with Crippen LogP contribution in [-0.2, 0) is 16.4 Å². The van der Waals surface area contributed by atoms with E-state index in [2.05, 4.69) is 0 Å². The molecule has 0 heterocycles. The summed E-state index contributed by atoms with van der Waals surface area (Å²) < 4.78 is 34.0. The van der Waals surface area contributed by atoms with Crippen LogP contribution in [0.5, 0.6) is 11.5 Å². The number of anilines is 1. The zero-order chi connectivity index (χ0) is 19.5. The second-order valence-electron chi connectivity index (χ2n) is 5.69. The quantitative estimate of drug-likeness (QED) is 0.538. The van der Waals surface area contributed by atoms with E-state index in [4.69, 9.17) is 9.47 Å². The van der Waals surface area contributed by atoms with Crippen LogP contribution in [0.25, 0.3) is 0 Å². The first kappa shape index (κ1) is 19.5. The number of hydrogen-bond donors (Lipinski definition) is 0. The van der Waals surface area contributed by atoms with Crippen molar-refractivity contribution in [2.75, 3.05) is 32.4 Å². The molecule has 140 valence electrons. The summed E-state index contributed by atoms with van der Waals surface area (Å²) in [6.45, 7) is 0.305. The Bertz CT molecular complexity index is 927. The van der Waals surface area contributed by atoms with Crippen molar-refractivity contribution in [2.45, 2.75) is 11.4 Å². The molecule has 8 nitrogen and oxygen atoms in total. The summed E-state index contributed by atoms with van der Waals surface area (Å²) in [6.07, 6.45) is 1.01. The lowest BCUT2D eigenvalue weighted by molar-refractivity contribution is -0.384. The molecule has 2 aromatic rings.